The molecule has 1 aliphatic carbocycles. The molecule has 1 N–H and O–H groups in total. The van der Waals surface area contributed by atoms with Crippen molar-refractivity contribution in [3.63, 3.8) is 0 Å². The van der Waals surface area contributed by atoms with E-state index in [1.165, 1.54) is 0 Å². The minimum absolute atomic E-state index is 0.145. The van der Waals surface area contributed by atoms with Crippen LogP contribution in [0.5, 0.6) is 0 Å². The standard InChI is InChI=1S/C23H19N5O/c1-14-5-2-3-6-17(14)22-26-23-25-18-7-4-8-19(29)20(18)21(28(23)27-22)16-11-9-15(13-24)10-12-16/h2-3,5-6,9-12,21H,4,7-8H2,1H3,(H,25,26,27). The van der Waals surface area contributed by atoms with Gasteiger partial charge in [0, 0.05) is 23.3 Å². The van der Waals surface area contributed by atoms with E-state index in [-0.39, 0.29) is 11.8 Å². The molecule has 2 heterocycles. The molecule has 29 heavy (non-hydrogen) atoms. The molecule has 6 heteroatoms. The number of aromatic nitrogens is 3. The van der Waals surface area contributed by atoms with Crippen molar-refractivity contribution in [1.82, 2.24) is 14.8 Å². The molecule has 3 aromatic rings. The highest BCUT2D eigenvalue weighted by atomic mass is 16.1. The first-order valence-electron chi connectivity index (χ1n) is 9.71. The average molecular weight is 381 g/mol. The van der Waals surface area contributed by atoms with Crippen LogP contribution in [0, 0.1) is 18.3 Å². The van der Waals surface area contributed by atoms with E-state index in [9.17, 15) is 4.79 Å². The van der Waals surface area contributed by atoms with E-state index in [0.717, 1.165) is 40.8 Å². The molecular formula is C23H19N5O. The number of aryl methyl sites for hydroxylation is 1. The van der Waals surface area contributed by atoms with Gasteiger partial charge in [-0.2, -0.15) is 10.2 Å². The maximum Gasteiger partial charge on any atom is 0.226 e. The van der Waals surface area contributed by atoms with Crippen LogP contribution in [-0.4, -0.2) is 20.5 Å². The highest BCUT2D eigenvalue weighted by Crippen LogP contribution is 2.40. The molecule has 0 radical (unpaired) electrons. The molecule has 0 saturated carbocycles. The summed E-state index contributed by atoms with van der Waals surface area (Å²) >= 11 is 0. The summed E-state index contributed by atoms with van der Waals surface area (Å²) in [5.74, 6) is 1.43. The number of nitrogens with zero attached hydrogens (tertiary/aromatic N) is 4. The monoisotopic (exact) mass is 381 g/mol. The molecule has 1 aliphatic heterocycles. The summed E-state index contributed by atoms with van der Waals surface area (Å²) in [5, 5.41) is 17.3. The van der Waals surface area contributed by atoms with Crippen LogP contribution in [0.2, 0.25) is 0 Å². The highest BCUT2D eigenvalue weighted by Gasteiger charge is 2.36. The quantitative estimate of drug-likeness (QED) is 0.721. The van der Waals surface area contributed by atoms with Gasteiger partial charge in [-0.25, -0.2) is 4.68 Å². The van der Waals surface area contributed by atoms with Crippen molar-refractivity contribution in [3.05, 3.63) is 76.5 Å². The lowest BCUT2D eigenvalue weighted by Crippen LogP contribution is -2.31. The fourth-order valence-electron chi connectivity index (χ4n) is 4.14. The van der Waals surface area contributed by atoms with Crippen molar-refractivity contribution in [3.8, 4) is 17.5 Å². The summed E-state index contributed by atoms with van der Waals surface area (Å²) in [6.07, 6.45) is 2.20. The van der Waals surface area contributed by atoms with Crippen molar-refractivity contribution < 1.29 is 4.79 Å². The van der Waals surface area contributed by atoms with Crippen molar-refractivity contribution in [2.45, 2.75) is 32.2 Å². The van der Waals surface area contributed by atoms with Crippen LogP contribution in [0.15, 0.2) is 59.8 Å². The predicted molar refractivity (Wildman–Crippen MR) is 109 cm³/mol. The first-order valence-corrected chi connectivity index (χ1v) is 9.71. The largest absolute Gasteiger partial charge is 0.328 e. The van der Waals surface area contributed by atoms with Gasteiger partial charge in [0.15, 0.2) is 11.6 Å². The molecule has 1 atom stereocenters. The first-order chi connectivity index (χ1) is 14.2. The van der Waals surface area contributed by atoms with Crippen LogP contribution in [0.4, 0.5) is 5.95 Å². The summed E-state index contributed by atoms with van der Waals surface area (Å²) in [6, 6.07) is 17.2. The third-order valence-electron chi connectivity index (χ3n) is 5.61. The normalized spacial score (nSPS) is 17.9. The first kappa shape index (κ1) is 17.4. The van der Waals surface area contributed by atoms with E-state index in [2.05, 4.69) is 11.4 Å². The molecule has 0 fully saturated rings. The maximum absolute atomic E-state index is 12.9. The van der Waals surface area contributed by atoms with Crippen LogP contribution in [-0.2, 0) is 4.79 Å². The Morgan fingerprint density at radius 1 is 1.14 bits per heavy atom. The number of anilines is 1. The van der Waals surface area contributed by atoms with Crippen LogP contribution < -0.4 is 5.32 Å². The lowest BCUT2D eigenvalue weighted by Gasteiger charge is -2.32. The van der Waals surface area contributed by atoms with Crippen molar-refractivity contribution >= 4 is 11.7 Å². The molecular weight excluding hydrogens is 362 g/mol. The smallest absolute Gasteiger partial charge is 0.226 e. The third-order valence-corrected chi connectivity index (χ3v) is 5.61. The zero-order valence-corrected chi connectivity index (χ0v) is 16.0. The number of hydrogen-bond donors (Lipinski definition) is 1. The number of ketones is 1. The third kappa shape index (κ3) is 2.83. The summed E-state index contributed by atoms with van der Waals surface area (Å²) in [5.41, 5.74) is 5.28. The van der Waals surface area contributed by atoms with Crippen molar-refractivity contribution in [1.29, 1.82) is 5.26 Å². The number of rotatable bonds is 2. The van der Waals surface area contributed by atoms with E-state index in [0.29, 0.717) is 23.8 Å². The highest BCUT2D eigenvalue weighted by molar-refractivity contribution is 5.99. The van der Waals surface area contributed by atoms with Gasteiger partial charge in [0.05, 0.1) is 11.6 Å². The summed E-state index contributed by atoms with van der Waals surface area (Å²) in [7, 11) is 0. The Labute approximate surface area is 168 Å². The Hall–Kier alpha value is -3.72. The number of benzene rings is 2. The molecule has 1 unspecified atom stereocenters. The molecule has 2 aromatic carbocycles. The molecule has 1 aromatic heterocycles. The summed E-state index contributed by atoms with van der Waals surface area (Å²) < 4.78 is 1.81. The number of nitriles is 1. The Bertz CT molecular complexity index is 1200. The van der Waals surface area contributed by atoms with Gasteiger partial charge in [0.2, 0.25) is 5.95 Å². The van der Waals surface area contributed by atoms with Gasteiger partial charge < -0.3 is 5.32 Å². The van der Waals surface area contributed by atoms with Crippen molar-refractivity contribution in [2.75, 3.05) is 5.32 Å². The lowest BCUT2D eigenvalue weighted by molar-refractivity contribution is -0.116. The molecule has 0 spiro atoms. The molecule has 142 valence electrons. The molecule has 2 aliphatic rings. The molecule has 0 saturated heterocycles. The van der Waals surface area contributed by atoms with Crippen LogP contribution >= 0.6 is 0 Å². The summed E-state index contributed by atoms with van der Waals surface area (Å²) in [4.78, 5) is 17.6. The second kappa shape index (κ2) is 6.71. The Morgan fingerprint density at radius 3 is 2.69 bits per heavy atom. The molecule has 5 rings (SSSR count). The van der Waals surface area contributed by atoms with Gasteiger partial charge in [-0.1, -0.05) is 36.4 Å². The Balaban J connectivity index is 1.68. The Morgan fingerprint density at radius 2 is 1.93 bits per heavy atom. The van der Waals surface area contributed by atoms with Gasteiger partial charge in [0.25, 0.3) is 0 Å². The van der Waals surface area contributed by atoms with E-state index < -0.39 is 0 Å². The van der Waals surface area contributed by atoms with Crippen molar-refractivity contribution in [2.24, 2.45) is 0 Å². The minimum Gasteiger partial charge on any atom is -0.328 e. The SMILES string of the molecule is Cc1ccccc1-c1nc2n(n1)C(c1ccc(C#N)cc1)C1=C(CCCC1=O)N2. The Kier molecular flexibility index (Phi) is 4.02. The maximum atomic E-state index is 12.9. The van der Waals surface area contributed by atoms with Crippen LogP contribution in [0.3, 0.4) is 0 Å². The fraction of sp³-hybridized carbons (Fsp3) is 0.217. The van der Waals surface area contributed by atoms with Gasteiger partial charge >= 0.3 is 0 Å². The van der Waals surface area contributed by atoms with E-state index >= 15 is 0 Å². The number of carbonyl (C=O) groups is 1. The van der Waals surface area contributed by atoms with E-state index in [4.69, 9.17) is 15.3 Å². The second-order valence-corrected chi connectivity index (χ2v) is 7.45. The second-order valence-electron chi connectivity index (χ2n) is 7.45. The van der Waals surface area contributed by atoms with Crippen LogP contribution in [0.1, 0.15) is 42.0 Å². The van der Waals surface area contributed by atoms with E-state index in [1.807, 2.05) is 48.0 Å². The zero-order chi connectivity index (χ0) is 20.0. The summed E-state index contributed by atoms with van der Waals surface area (Å²) in [6.45, 7) is 2.04. The number of allylic oxidation sites excluding steroid dienone is 2. The molecule has 0 amide bonds. The van der Waals surface area contributed by atoms with Gasteiger partial charge in [-0.3, -0.25) is 4.79 Å². The number of Topliss-reactive ketones (excluding diaryl/α,β-unsaturated/α-hetero) is 1. The number of hydrogen-bond acceptors (Lipinski definition) is 5. The van der Waals surface area contributed by atoms with Gasteiger partial charge in [-0.15, -0.1) is 5.10 Å². The predicted octanol–water partition coefficient (Wildman–Crippen LogP) is 4.15. The van der Waals surface area contributed by atoms with Gasteiger partial charge in [0.1, 0.15) is 6.04 Å². The zero-order valence-electron chi connectivity index (χ0n) is 16.0. The average Bonchev–Trinajstić information content (AvgIpc) is 3.16. The minimum atomic E-state index is -0.341. The lowest BCUT2D eigenvalue weighted by atomic mass is 9.85. The van der Waals surface area contributed by atoms with E-state index in [1.54, 1.807) is 12.1 Å². The fourth-order valence-corrected chi connectivity index (χ4v) is 4.14. The molecule has 0 bridgehead atoms. The number of nitrogens with one attached hydrogen (secondary N) is 1. The number of carbonyl (C=O) groups excluding carboxylic acids is 1. The number of fused-ring (bicyclic) bond motifs is 1. The van der Waals surface area contributed by atoms with Gasteiger partial charge in [-0.05, 0) is 43.0 Å². The van der Waals surface area contributed by atoms with Crippen LogP contribution in [0.25, 0.3) is 11.4 Å². The molecule has 6 nitrogen and oxygen atoms in total. The topological polar surface area (TPSA) is 83.6 Å².